The van der Waals surface area contributed by atoms with Crippen LogP contribution in [0.2, 0.25) is 0 Å². The fourth-order valence-electron chi connectivity index (χ4n) is 0.785. The van der Waals surface area contributed by atoms with Crippen molar-refractivity contribution in [3.8, 4) is 5.75 Å². The Morgan fingerprint density at radius 3 is 2.36 bits per heavy atom. The van der Waals surface area contributed by atoms with Gasteiger partial charge in [-0.1, -0.05) is 18.2 Å². The third-order valence-electron chi connectivity index (χ3n) is 1.24. The molecule has 0 spiro atoms. The maximum absolute atomic E-state index is 10.6. The Labute approximate surface area is 82.6 Å². The van der Waals surface area contributed by atoms with Crippen molar-refractivity contribution in [1.82, 2.24) is 0 Å². The molecule has 1 aromatic rings. The zero-order valence-corrected chi connectivity index (χ0v) is 8.27. The lowest BCUT2D eigenvalue weighted by molar-refractivity contribution is 0.301. The molecule has 0 aliphatic rings. The summed E-state index contributed by atoms with van der Waals surface area (Å²) in [5.74, 6) is 0.323. The molecule has 0 saturated carbocycles. The average molecular weight is 216 g/mol. The van der Waals surface area contributed by atoms with Gasteiger partial charge in [-0.3, -0.25) is 4.10 Å². The standard InChI is InChI=1S/C7H9BO5S/c1-14(10,11)13-8(9)12-7-5-3-2-4-6-7/h2-6,9H,1H3. The molecule has 0 heterocycles. The van der Waals surface area contributed by atoms with E-state index in [2.05, 4.69) is 4.10 Å². The third-order valence-corrected chi connectivity index (χ3v) is 1.75. The van der Waals surface area contributed by atoms with Gasteiger partial charge in [-0.2, -0.15) is 0 Å². The molecule has 0 bridgehead atoms. The van der Waals surface area contributed by atoms with E-state index in [9.17, 15) is 8.42 Å². The van der Waals surface area contributed by atoms with E-state index in [-0.39, 0.29) is 0 Å². The molecular formula is C7H9BO5S. The van der Waals surface area contributed by atoms with Crippen LogP contribution in [0.5, 0.6) is 5.75 Å². The van der Waals surface area contributed by atoms with E-state index >= 15 is 0 Å². The molecule has 0 aromatic heterocycles. The molecule has 0 saturated heterocycles. The second-order valence-corrected chi connectivity index (χ2v) is 4.14. The number of benzene rings is 1. The Bertz CT molecular complexity index is 376. The minimum absolute atomic E-state index is 0.323. The van der Waals surface area contributed by atoms with Gasteiger partial charge in [-0.05, 0) is 12.1 Å². The molecule has 1 aromatic carbocycles. The molecule has 5 nitrogen and oxygen atoms in total. The minimum atomic E-state index is -3.72. The molecule has 0 aliphatic heterocycles. The van der Waals surface area contributed by atoms with Crippen molar-refractivity contribution in [2.75, 3.05) is 6.26 Å². The highest BCUT2D eigenvalue weighted by Gasteiger charge is 2.24. The van der Waals surface area contributed by atoms with E-state index in [1.165, 1.54) is 0 Å². The molecule has 1 N–H and O–H groups in total. The zero-order chi connectivity index (χ0) is 10.6. The molecule has 0 atom stereocenters. The number of para-hydroxylation sites is 1. The summed E-state index contributed by atoms with van der Waals surface area (Å²) in [6.07, 6.45) is 0.824. The van der Waals surface area contributed by atoms with Crippen LogP contribution in [0, 0.1) is 0 Å². The molecule has 0 fully saturated rings. The summed E-state index contributed by atoms with van der Waals surface area (Å²) in [6.45, 7) is 0. The van der Waals surface area contributed by atoms with Crippen LogP contribution in [0.4, 0.5) is 0 Å². The normalized spacial score (nSPS) is 11.0. The van der Waals surface area contributed by atoms with E-state index in [1.807, 2.05) is 0 Å². The molecular weight excluding hydrogens is 207 g/mol. The summed E-state index contributed by atoms with van der Waals surface area (Å²) >= 11 is 0. The van der Waals surface area contributed by atoms with Crippen LogP contribution in [0.15, 0.2) is 30.3 Å². The van der Waals surface area contributed by atoms with Crippen molar-refractivity contribution in [3.05, 3.63) is 30.3 Å². The fourth-order valence-corrected chi connectivity index (χ4v) is 1.12. The summed E-state index contributed by atoms with van der Waals surface area (Å²) in [4.78, 5) is 0. The highest BCUT2D eigenvalue weighted by Crippen LogP contribution is 2.09. The summed E-state index contributed by atoms with van der Waals surface area (Å²) in [5.41, 5.74) is 0. The van der Waals surface area contributed by atoms with Crippen LogP contribution in [0.25, 0.3) is 0 Å². The topological polar surface area (TPSA) is 72.8 Å². The van der Waals surface area contributed by atoms with E-state index in [0.29, 0.717) is 5.75 Å². The van der Waals surface area contributed by atoms with Crippen molar-refractivity contribution < 1.29 is 22.2 Å². The maximum atomic E-state index is 10.6. The zero-order valence-electron chi connectivity index (χ0n) is 7.45. The van der Waals surface area contributed by atoms with Gasteiger partial charge < -0.3 is 9.68 Å². The first-order valence-electron chi connectivity index (χ1n) is 3.75. The average Bonchev–Trinajstić information content (AvgIpc) is 2.02. The Kier molecular flexibility index (Phi) is 3.51. The van der Waals surface area contributed by atoms with Crippen molar-refractivity contribution >= 4 is 17.4 Å². The number of hydrogen-bond donors (Lipinski definition) is 1. The SMILES string of the molecule is CS(=O)(=O)OB(O)Oc1ccccc1. The molecule has 0 unspecified atom stereocenters. The van der Waals surface area contributed by atoms with Crippen LogP contribution < -0.4 is 4.65 Å². The lowest BCUT2D eigenvalue weighted by Gasteiger charge is -2.07. The number of rotatable bonds is 4. The van der Waals surface area contributed by atoms with Gasteiger partial charge in [0.25, 0.3) is 10.1 Å². The summed E-state index contributed by atoms with van der Waals surface area (Å²) in [6, 6.07) is 8.26. The summed E-state index contributed by atoms with van der Waals surface area (Å²) in [7, 11) is -5.53. The van der Waals surface area contributed by atoms with Gasteiger partial charge >= 0.3 is 7.32 Å². The summed E-state index contributed by atoms with van der Waals surface area (Å²) in [5, 5.41) is 9.01. The first kappa shape index (κ1) is 11.0. The quantitative estimate of drug-likeness (QED) is 0.718. The van der Waals surface area contributed by atoms with E-state index < -0.39 is 17.4 Å². The smallest absolute Gasteiger partial charge is 0.511 e. The first-order valence-corrected chi connectivity index (χ1v) is 5.57. The van der Waals surface area contributed by atoms with Crippen molar-refractivity contribution in [2.24, 2.45) is 0 Å². The second kappa shape index (κ2) is 4.45. The summed E-state index contributed by atoms with van der Waals surface area (Å²) < 4.78 is 30.0. The molecule has 0 radical (unpaired) electrons. The Hall–Kier alpha value is -1.05. The van der Waals surface area contributed by atoms with E-state index in [4.69, 9.17) is 9.68 Å². The van der Waals surface area contributed by atoms with Crippen LogP contribution in [0.1, 0.15) is 0 Å². The van der Waals surface area contributed by atoms with Crippen molar-refractivity contribution in [3.63, 3.8) is 0 Å². The number of hydrogen-bond acceptors (Lipinski definition) is 5. The lowest BCUT2D eigenvalue weighted by Crippen LogP contribution is -2.28. The van der Waals surface area contributed by atoms with E-state index in [1.54, 1.807) is 30.3 Å². The van der Waals surface area contributed by atoms with Gasteiger partial charge in [-0.15, -0.1) is 0 Å². The Morgan fingerprint density at radius 2 is 1.86 bits per heavy atom. The predicted molar refractivity (Wildman–Crippen MR) is 51.0 cm³/mol. The van der Waals surface area contributed by atoms with E-state index in [0.717, 1.165) is 6.26 Å². The molecule has 7 heteroatoms. The largest absolute Gasteiger partial charge is 0.725 e. The fraction of sp³-hybridized carbons (Fsp3) is 0.143. The molecule has 0 aliphatic carbocycles. The molecule has 14 heavy (non-hydrogen) atoms. The monoisotopic (exact) mass is 216 g/mol. The lowest BCUT2D eigenvalue weighted by atomic mass is 10.2. The first-order chi connectivity index (χ1) is 6.47. The second-order valence-electron chi connectivity index (χ2n) is 2.54. The molecule has 76 valence electrons. The van der Waals surface area contributed by atoms with Crippen LogP contribution >= 0.6 is 0 Å². The van der Waals surface area contributed by atoms with Crippen LogP contribution in [0.3, 0.4) is 0 Å². The molecule has 1 rings (SSSR count). The highest BCUT2D eigenvalue weighted by atomic mass is 32.2. The Morgan fingerprint density at radius 1 is 1.29 bits per heavy atom. The maximum Gasteiger partial charge on any atom is 0.725 e. The van der Waals surface area contributed by atoms with Gasteiger partial charge in [-0.25, -0.2) is 8.42 Å². The van der Waals surface area contributed by atoms with Gasteiger partial charge in [0.1, 0.15) is 5.75 Å². The van der Waals surface area contributed by atoms with Crippen molar-refractivity contribution in [2.45, 2.75) is 0 Å². The third kappa shape index (κ3) is 4.26. The van der Waals surface area contributed by atoms with Crippen molar-refractivity contribution in [1.29, 1.82) is 0 Å². The van der Waals surface area contributed by atoms with Gasteiger partial charge in [0.05, 0.1) is 6.26 Å². The van der Waals surface area contributed by atoms with Gasteiger partial charge in [0.2, 0.25) is 0 Å². The minimum Gasteiger partial charge on any atom is -0.511 e. The van der Waals surface area contributed by atoms with Gasteiger partial charge in [0, 0.05) is 0 Å². The molecule has 0 amide bonds. The predicted octanol–water partition coefficient (Wildman–Crippen LogP) is 0.0188. The highest BCUT2D eigenvalue weighted by molar-refractivity contribution is 7.86. The van der Waals surface area contributed by atoms with Crippen LogP contribution in [-0.2, 0) is 14.2 Å². The van der Waals surface area contributed by atoms with Gasteiger partial charge in [0.15, 0.2) is 0 Å². The Balaban J connectivity index is 2.54. The van der Waals surface area contributed by atoms with Crippen LogP contribution in [-0.4, -0.2) is 27.0 Å².